The first kappa shape index (κ1) is 27.1. The molecule has 0 spiro atoms. The van der Waals surface area contributed by atoms with Crippen molar-refractivity contribution < 1.29 is 29.9 Å². The van der Waals surface area contributed by atoms with Crippen molar-refractivity contribution in [2.24, 2.45) is 0 Å². The summed E-state index contributed by atoms with van der Waals surface area (Å²) in [4.78, 5) is 0. The number of nitrogens with zero attached hydrogens (tertiary/aromatic N) is 2. The molecule has 0 N–H and O–H groups in total. The normalized spacial score (nSPS) is 17.4. The van der Waals surface area contributed by atoms with Gasteiger partial charge in [0, 0.05) is 0 Å². The molecule has 0 aromatic rings. The summed E-state index contributed by atoms with van der Waals surface area (Å²) in [6, 6.07) is 0. The zero-order chi connectivity index (χ0) is 19.3. The SMILES string of the molecule is C=CC[N+]1(CC)CCN(S(=O)(=O)CCCCCCCCCCCC)CC1.[Br-]. The minimum Gasteiger partial charge on any atom is -1.00 e. The second-order valence-corrected chi connectivity index (χ2v) is 10.1. The standard InChI is InChI=1S/C21H43N2O2S.BrH/c1-4-7-8-9-10-11-12-13-14-15-21-26(24,25)22-16-19-23(6-3,18-5-2)20-17-22;/h5H,2,4,6-21H2,1,3H3;1H/q+1;/p-1. The number of piperazine rings is 1. The molecule has 0 radical (unpaired) electrons. The Bertz CT molecular complexity index is 475. The molecule has 0 bridgehead atoms. The van der Waals surface area contributed by atoms with Gasteiger partial charge in [-0.3, -0.25) is 0 Å². The predicted molar refractivity (Wildman–Crippen MR) is 113 cm³/mol. The first-order valence-corrected chi connectivity index (χ1v) is 12.5. The van der Waals surface area contributed by atoms with Crippen molar-refractivity contribution in [1.82, 2.24) is 4.31 Å². The summed E-state index contributed by atoms with van der Waals surface area (Å²) in [5.41, 5.74) is 0. The molecule has 1 fully saturated rings. The Morgan fingerprint density at radius 3 is 1.81 bits per heavy atom. The predicted octanol–water partition coefficient (Wildman–Crippen LogP) is 1.58. The Morgan fingerprint density at radius 1 is 0.889 bits per heavy atom. The largest absolute Gasteiger partial charge is 1.00 e. The van der Waals surface area contributed by atoms with Gasteiger partial charge >= 0.3 is 0 Å². The van der Waals surface area contributed by atoms with E-state index >= 15 is 0 Å². The Morgan fingerprint density at radius 2 is 1.37 bits per heavy atom. The second-order valence-electron chi connectivity index (χ2n) is 7.97. The third kappa shape index (κ3) is 10.4. The Kier molecular flexibility index (Phi) is 15.0. The zero-order valence-corrected chi connectivity index (χ0v) is 20.2. The highest BCUT2D eigenvalue weighted by Gasteiger charge is 2.34. The summed E-state index contributed by atoms with van der Waals surface area (Å²) in [5, 5.41) is 0. The molecule has 1 aliphatic rings. The molecule has 1 aliphatic heterocycles. The van der Waals surface area contributed by atoms with Gasteiger partial charge in [0.15, 0.2) is 0 Å². The van der Waals surface area contributed by atoms with Crippen molar-refractivity contribution in [2.75, 3.05) is 45.0 Å². The molecule has 1 saturated heterocycles. The number of quaternary nitrogens is 1. The van der Waals surface area contributed by atoms with Crippen LogP contribution in [0.2, 0.25) is 0 Å². The number of unbranched alkanes of at least 4 members (excludes halogenated alkanes) is 9. The first-order valence-electron chi connectivity index (χ1n) is 10.9. The van der Waals surface area contributed by atoms with Crippen LogP contribution in [0.5, 0.6) is 0 Å². The van der Waals surface area contributed by atoms with Crippen LogP contribution in [0.3, 0.4) is 0 Å². The molecule has 1 rings (SSSR count). The van der Waals surface area contributed by atoms with Crippen LogP contribution in [-0.4, -0.2) is 62.2 Å². The van der Waals surface area contributed by atoms with E-state index < -0.39 is 10.0 Å². The van der Waals surface area contributed by atoms with Gasteiger partial charge in [-0.15, -0.1) is 0 Å². The lowest BCUT2D eigenvalue weighted by atomic mass is 10.1. The van der Waals surface area contributed by atoms with Crippen molar-refractivity contribution in [2.45, 2.75) is 78.1 Å². The van der Waals surface area contributed by atoms with Gasteiger partial charge in [-0.05, 0) is 19.4 Å². The van der Waals surface area contributed by atoms with Crippen LogP contribution in [0, 0.1) is 0 Å². The van der Waals surface area contributed by atoms with Gasteiger partial charge in [-0.25, -0.2) is 8.42 Å². The quantitative estimate of drug-likeness (QED) is 0.208. The zero-order valence-electron chi connectivity index (χ0n) is 17.8. The number of halogens is 1. The highest BCUT2D eigenvalue weighted by atomic mass is 79.9. The lowest BCUT2D eigenvalue weighted by molar-refractivity contribution is -0.924. The van der Waals surface area contributed by atoms with Gasteiger partial charge in [-0.2, -0.15) is 4.31 Å². The average Bonchev–Trinajstić information content (AvgIpc) is 2.64. The van der Waals surface area contributed by atoms with Crippen LogP contribution < -0.4 is 17.0 Å². The van der Waals surface area contributed by atoms with Crippen molar-refractivity contribution in [3.05, 3.63) is 12.7 Å². The molecule has 0 saturated carbocycles. The Labute approximate surface area is 179 Å². The lowest BCUT2D eigenvalue weighted by Crippen LogP contribution is -3.00. The highest BCUT2D eigenvalue weighted by molar-refractivity contribution is 7.89. The van der Waals surface area contributed by atoms with Crippen molar-refractivity contribution in [3.63, 3.8) is 0 Å². The van der Waals surface area contributed by atoms with Gasteiger partial charge in [0.25, 0.3) is 0 Å². The van der Waals surface area contributed by atoms with E-state index in [1.165, 1.54) is 51.4 Å². The molecule has 6 heteroatoms. The number of sulfonamides is 1. The van der Waals surface area contributed by atoms with Gasteiger partial charge in [0.1, 0.15) is 0 Å². The molecule has 162 valence electrons. The van der Waals surface area contributed by atoms with Crippen molar-refractivity contribution in [3.8, 4) is 0 Å². The van der Waals surface area contributed by atoms with E-state index in [1.807, 2.05) is 6.08 Å². The van der Waals surface area contributed by atoms with Gasteiger partial charge < -0.3 is 21.5 Å². The summed E-state index contributed by atoms with van der Waals surface area (Å²) >= 11 is 0. The number of hydrogen-bond donors (Lipinski definition) is 0. The molecule has 0 atom stereocenters. The maximum absolute atomic E-state index is 12.6. The Balaban J connectivity index is 0.00000676. The van der Waals surface area contributed by atoms with E-state index in [4.69, 9.17) is 0 Å². The summed E-state index contributed by atoms with van der Waals surface area (Å²) < 4.78 is 27.9. The van der Waals surface area contributed by atoms with E-state index in [2.05, 4.69) is 20.4 Å². The van der Waals surface area contributed by atoms with E-state index in [9.17, 15) is 8.42 Å². The number of likely N-dealkylation sites (N-methyl/N-ethyl adjacent to an activating group) is 1. The van der Waals surface area contributed by atoms with E-state index in [0.717, 1.165) is 43.5 Å². The van der Waals surface area contributed by atoms with Crippen LogP contribution in [0.15, 0.2) is 12.7 Å². The molecule has 0 aliphatic carbocycles. The first-order chi connectivity index (χ1) is 12.5. The van der Waals surface area contributed by atoms with Crippen LogP contribution in [0.4, 0.5) is 0 Å². The summed E-state index contributed by atoms with van der Waals surface area (Å²) in [6.45, 7) is 13.5. The van der Waals surface area contributed by atoms with Crippen LogP contribution >= 0.6 is 0 Å². The maximum Gasteiger partial charge on any atom is 0.214 e. The molecular weight excluding hydrogens is 424 g/mol. The Hall–Kier alpha value is 0.0900. The summed E-state index contributed by atoms with van der Waals surface area (Å²) in [5.74, 6) is 0.330. The van der Waals surface area contributed by atoms with Gasteiger partial charge in [0.05, 0.1) is 45.0 Å². The fourth-order valence-corrected chi connectivity index (χ4v) is 5.50. The molecule has 1 heterocycles. The average molecular weight is 468 g/mol. The van der Waals surface area contributed by atoms with Gasteiger partial charge in [0.2, 0.25) is 10.0 Å². The van der Waals surface area contributed by atoms with Crippen molar-refractivity contribution >= 4 is 10.0 Å². The topological polar surface area (TPSA) is 37.4 Å². The fraction of sp³-hybridized carbons (Fsp3) is 0.905. The minimum absolute atomic E-state index is 0. The maximum atomic E-state index is 12.6. The molecular formula is C21H43BrN2O2S. The fourth-order valence-electron chi connectivity index (χ4n) is 3.95. The smallest absolute Gasteiger partial charge is 0.214 e. The van der Waals surface area contributed by atoms with E-state index in [0.29, 0.717) is 18.8 Å². The molecule has 0 unspecified atom stereocenters. The summed E-state index contributed by atoms with van der Waals surface area (Å²) in [6.07, 6.45) is 14.3. The molecule has 0 aromatic heterocycles. The van der Waals surface area contributed by atoms with Gasteiger partial charge in [-0.1, -0.05) is 71.3 Å². The van der Waals surface area contributed by atoms with E-state index in [1.54, 1.807) is 4.31 Å². The van der Waals surface area contributed by atoms with Crippen LogP contribution in [0.1, 0.15) is 78.1 Å². The molecule has 27 heavy (non-hydrogen) atoms. The molecule has 0 amide bonds. The minimum atomic E-state index is -3.07. The van der Waals surface area contributed by atoms with Crippen molar-refractivity contribution in [1.29, 1.82) is 0 Å². The molecule has 0 aromatic carbocycles. The molecule has 4 nitrogen and oxygen atoms in total. The summed E-state index contributed by atoms with van der Waals surface area (Å²) in [7, 11) is -3.07. The second kappa shape index (κ2) is 15.0. The third-order valence-electron chi connectivity index (χ3n) is 5.98. The lowest BCUT2D eigenvalue weighted by Gasteiger charge is -2.43. The third-order valence-corrected chi connectivity index (χ3v) is 7.94. The van der Waals surface area contributed by atoms with Crippen LogP contribution in [-0.2, 0) is 10.0 Å². The number of rotatable bonds is 15. The highest BCUT2D eigenvalue weighted by Crippen LogP contribution is 2.17. The van der Waals surface area contributed by atoms with E-state index in [-0.39, 0.29) is 17.0 Å². The monoisotopic (exact) mass is 466 g/mol. The van der Waals surface area contributed by atoms with Crippen LogP contribution in [0.25, 0.3) is 0 Å². The number of hydrogen-bond acceptors (Lipinski definition) is 2.